The number of piperidine rings is 2. The number of carbonyl (C=O) groups excluding carboxylic acids is 2. The highest BCUT2D eigenvalue weighted by atomic mass is 32.1. The van der Waals surface area contributed by atoms with Crippen molar-refractivity contribution in [3.8, 4) is 0 Å². The number of carbonyl (C=O) groups is 2. The van der Waals surface area contributed by atoms with Gasteiger partial charge in [0.15, 0.2) is 0 Å². The number of aromatic nitrogens is 1. The van der Waals surface area contributed by atoms with Gasteiger partial charge in [-0.25, -0.2) is 4.98 Å². The molecule has 2 aliphatic rings. The molecule has 1 atom stereocenters. The van der Waals surface area contributed by atoms with Crippen LogP contribution in [0.15, 0.2) is 24.3 Å². The van der Waals surface area contributed by atoms with Crippen molar-refractivity contribution >= 4 is 33.4 Å². The number of nitrogens with zero attached hydrogens (tertiary/aromatic N) is 3. The first-order valence-electron chi connectivity index (χ1n) is 9.88. The van der Waals surface area contributed by atoms with E-state index in [9.17, 15) is 9.59 Å². The molecule has 2 amide bonds. The Morgan fingerprint density at radius 1 is 1.22 bits per heavy atom. The first kappa shape index (κ1) is 18.6. The summed E-state index contributed by atoms with van der Waals surface area (Å²) >= 11 is 1.77. The Hall–Kier alpha value is -1.79. The second-order valence-corrected chi connectivity index (χ2v) is 9.37. The molecule has 0 saturated carbocycles. The molecule has 2 aliphatic heterocycles. The number of hydrogen-bond donors (Lipinski definition) is 0. The smallest absolute Gasteiger partial charge is 0.230 e. The van der Waals surface area contributed by atoms with E-state index in [1.54, 1.807) is 11.3 Å². The number of rotatable bonds is 4. The van der Waals surface area contributed by atoms with E-state index in [-0.39, 0.29) is 17.2 Å². The van der Waals surface area contributed by atoms with Gasteiger partial charge in [-0.1, -0.05) is 26.0 Å². The molecule has 0 bridgehead atoms. The van der Waals surface area contributed by atoms with Gasteiger partial charge in [-0.2, -0.15) is 0 Å². The van der Waals surface area contributed by atoms with Crippen molar-refractivity contribution in [2.24, 2.45) is 5.41 Å². The SMILES string of the molecule is CCC1(C)CC(=O)N(CN2CCC[C@@H](c3nc4ccccc4s3)C2)C(=O)C1. The summed E-state index contributed by atoms with van der Waals surface area (Å²) in [6.45, 7) is 6.33. The molecule has 1 aromatic carbocycles. The molecular formula is C21H27N3O2S. The van der Waals surface area contributed by atoms with Gasteiger partial charge in [0.1, 0.15) is 0 Å². The predicted octanol–water partition coefficient (Wildman–Crippen LogP) is 4.00. The van der Waals surface area contributed by atoms with E-state index in [2.05, 4.69) is 30.0 Å². The minimum atomic E-state index is -0.171. The fraction of sp³-hybridized carbons (Fsp3) is 0.571. The van der Waals surface area contributed by atoms with Gasteiger partial charge >= 0.3 is 0 Å². The quantitative estimate of drug-likeness (QED) is 0.747. The molecule has 0 N–H and O–H groups in total. The van der Waals surface area contributed by atoms with Crippen LogP contribution in [-0.4, -0.2) is 46.4 Å². The normalized spacial score (nSPS) is 23.9. The van der Waals surface area contributed by atoms with Crippen LogP contribution in [0.5, 0.6) is 0 Å². The van der Waals surface area contributed by atoms with E-state index in [0.717, 1.165) is 37.9 Å². The van der Waals surface area contributed by atoms with Gasteiger partial charge in [0.25, 0.3) is 0 Å². The maximum absolute atomic E-state index is 12.6. The molecule has 2 aromatic rings. The number of thiazole rings is 1. The Morgan fingerprint density at radius 3 is 2.67 bits per heavy atom. The van der Waals surface area contributed by atoms with E-state index in [0.29, 0.717) is 25.4 Å². The highest BCUT2D eigenvalue weighted by Crippen LogP contribution is 2.36. The van der Waals surface area contributed by atoms with E-state index < -0.39 is 0 Å². The zero-order valence-electron chi connectivity index (χ0n) is 16.1. The second kappa shape index (κ2) is 7.32. The fourth-order valence-electron chi connectivity index (χ4n) is 4.18. The Kier molecular flexibility index (Phi) is 5.03. The van der Waals surface area contributed by atoms with Crippen molar-refractivity contribution in [2.75, 3.05) is 19.8 Å². The van der Waals surface area contributed by atoms with E-state index in [4.69, 9.17) is 4.98 Å². The predicted molar refractivity (Wildman–Crippen MR) is 108 cm³/mol. The van der Waals surface area contributed by atoms with Gasteiger partial charge in [-0.05, 0) is 43.4 Å². The highest BCUT2D eigenvalue weighted by Gasteiger charge is 2.40. The maximum Gasteiger partial charge on any atom is 0.230 e. The Morgan fingerprint density at radius 2 is 1.96 bits per heavy atom. The minimum absolute atomic E-state index is 0.0160. The van der Waals surface area contributed by atoms with Crippen molar-refractivity contribution in [3.63, 3.8) is 0 Å². The number of fused-ring (bicyclic) bond motifs is 1. The summed E-state index contributed by atoms with van der Waals surface area (Å²) in [6, 6.07) is 8.25. The molecule has 144 valence electrons. The Labute approximate surface area is 164 Å². The molecule has 27 heavy (non-hydrogen) atoms. The molecule has 4 rings (SSSR count). The molecule has 6 heteroatoms. The molecule has 0 spiro atoms. The summed E-state index contributed by atoms with van der Waals surface area (Å²) in [5.41, 5.74) is 0.894. The van der Waals surface area contributed by atoms with Crippen LogP contribution in [0.25, 0.3) is 10.2 Å². The molecule has 2 fully saturated rings. The summed E-state index contributed by atoms with van der Waals surface area (Å²) in [4.78, 5) is 33.7. The summed E-state index contributed by atoms with van der Waals surface area (Å²) in [5, 5.41) is 1.18. The lowest BCUT2D eigenvalue weighted by Gasteiger charge is -2.40. The summed E-state index contributed by atoms with van der Waals surface area (Å²) in [7, 11) is 0. The Bertz CT molecular complexity index is 811. The van der Waals surface area contributed by atoms with Gasteiger partial charge in [0.2, 0.25) is 11.8 Å². The number of imide groups is 1. The van der Waals surface area contributed by atoms with Crippen molar-refractivity contribution in [2.45, 2.75) is 51.9 Å². The molecule has 5 nitrogen and oxygen atoms in total. The number of likely N-dealkylation sites (tertiary alicyclic amines) is 2. The average Bonchev–Trinajstić information content (AvgIpc) is 3.09. The molecular weight excluding hydrogens is 358 g/mol. The molecule has 0 radical (unpaired) electrons. The lowest BCUT2D eigenvalue weighted by molar-refractivity contribution is -0.156. The largest absolute Gasteiger partial charge is 0.285 e. The molecule has 0 unspecified atom stereocenters. The summed E-state index contributed by atoms with van der Waals surface area (Å²) < 4.78 is 1.23. The zero-order valence-corrected chi connectivity index (χ0v) is 16.9. The first-order valence-corrected chi connectivity index (χ1v) is 10.7. The van der Waals surface area contributed by atoms with E-state index in [1.165, 1.54) is 14.6 Å². The monoisotopic (exact) mass is 385 g/mol. The van der Waals surface area contributed by atoms with E-state index in [1.807, 2.05) is 13.0 Å². The molecule has 1 aromatic heterocycles. The van der Waals surface area contributed by atoms with Gasteiger partial charge in [-0.15, -0.1) is 11.3 Å². The summed E-state index contributed by atoms with van der Waals surface area (Å²) in [6.07, 6.45) is 4.01. The van der Waals surface area contributed by atoms with Crippen LogP contribution in [0.4, 0.5) is 0 Å². The van der Waals surface area contributed by atoms with Gasteiger partial charge in [-0.3, -0.25) is 19.4 Å². The third-order valence-electron chi connectivity index (χ3n) is 6.12. The third-order valence-corrected chi connectivity index (χ3v) is 7.32. The first-order chi connectivity index (χ1) is 13.0. The minimum Gasteiger partial charge on any atom is -0.285 e. The van der Waals surface area contributed by atoms with Gasteiger partial charge < -0.3 is 0 Å². The van der Waals surface area contributed by atoms with Crippen LogP contribution >= 0.6 is 11.3 Å². The average molecular weight is 386 g/mol. The highest BCUT2D eigenvalue weighted by molar-refractivity contribution is 7.18. The van der Waals surface area contributed by atoms with Gasteiger partial charge in [0.05, 0.1) is 21.9 Å². The molecule has 0 aliphatic carbocycles. The summed E-state index contributed by atoms with van der Waals surface area (Å²) in [5.74, 6) is 0.350. The third kappa shape index (κ3) is 3.78. The van der Waals surface area contributed by atoms with E-state index >= 15 is 0 Å². The second-order valence-electron chi connectivity index (χ2n) is 8.31. The lowest BCUT2D eigenvalue weighted by Crippen LogP contribution is -2.52. The molecule has 3 heterocycles. The Balaban J connectivity index is 1.44. The van der Waals surface area contributed by atoms with Crippen molar-refractivity contribution in [1.29, 1.82) is 0 Å². The van der Waals surface area contributed by atoms with Gasteiger partial charge in [0, 0.05) is 25.3 Å². The number of benzene rings is 1. The number of hydrogen-bond acceptors (Lipinski definition) is 5. The van der Waals surface area contributed by atoms with Crippen molar-refractivity contribution in [1.82, 2.24) is 14.8 Å². The number of para-hydroxylation sites is 1. The lowest BCUT2D eigenvalue weighted by atomic mass is 9.77. The van der Waals surface area contributed by atoms with Crippen LogP contribution < -0.4 is 0 Å². The van der Waals surface area contributed by atoms with Crippen LogP contribution in [0, 0.1) is 5.41 Å². The maximum atomic E-state index is 12.6. The standard InChI is InChI=1S/C21H27N3O2S/c1-3-21(2)11-18(25)24(19(26)12-21)14-23-10-6-7-15(13-23)20-22-16-8-4-5-9-17(16)27-20/h4-5,8-9,15H,3,6-7,10-14H2,1-2H3/t15-/m1/s1. The van der Waals surface area contributed by atoms with Crippen molar-refractivity contribution < 1.29 is 9.59 Å². The van der Waals surface area contributed by atoms with Crippen LogP contribution in [-0.2, 0) is 9.59 Å². The van der Waals surface area contributed by atoms with Crippen LogP contribution in [0.3, 0.4) is 0 Å². The van der Waals surface area contributed by atoms with Crippen molar-refractivity contribution in [3.05, 3.63) is 29.3 Å². The van der Waals surface area contributed by atoms with Crippen LogP contribution in [0.2, 0.25) is 0 Å². The molecule has 2 saturated heterocycles. The topological polar surface area (TPSA) is 53.5 Å². The van der Waals surface area contributed by atoms with Crippen LogP contribution in [0.1, 0.15) is 56.9 Å². The zero-order chi connectivity index (χ0) is 19.0. The fourth-order valence-corrected chi connectivity index (χ4v) is 5.27. The number of amides is 2.